The number of ether oxygens (including phenoxy) is 1. The minimum Gasteiger partial charge on any atom is -0.497 e. The maximum absolute atomic E-state index is 12.8. The van der Waals surface area contributed by atoms with Crippen LogP contribution in [0.5, 0.6) is 5.75 Å². The lowest BCUT2D eigenvalue weighted by Crippen LogP contribution is -2.38. The summed E-state index contributed by atoms with van der Waals surface area (Å²) in [4.78, 5) is 12.9. The smallest absolute Gasteiger partial charge is 0.261 e. The second-order valence-electron chi connectivity index (χ2n) is 7.73. The summed E-state index contributed by atoms with van der Waals surface area (Å²) in [5.74, 6) is 1.55. The third kappa shape index (κ3) is 4.21. The second kappa shape index (κ2) is 7.88. The molecular weight excluding hydrogens is 412 g/mol. The molecule has 2 unspecified atom stereocenters. The number of hydrogen-bond donors (Lipinski definition) is 2. The number of fused-ring (bicyclic) bond motifs is 2. The van der Waals surface area contributed by atoms with Crippen LogP contribution in [0.4, 0.5) is 5.69 Å². The van der Waals surface area contributed by atoms with Crippen molar-refractivity contribution in [3.8, 4) is 5.75 Å². The second-order valence-corrected chi connectivity index (χ2v) is 9.82. The van der Waals surface area contributed by atoms with Crippen LogP contribution in [0.15, 0.2) is 47.4 Å². The SMILES string of the molecule is COc1ccc(S(=O)(=O)Nc2ccc(Cl)c(C(=O)N[C@@H]3CC4CCC3C4)c2)cc1. The number of carbonyl (C=O) groups is 1. The summed E-state index contributed by atoms with van der Waals surface area (Å²) < 4.78 is 32.9. The highest BCUT2D eigenvalue weighted by atomic mass is 35.5. The monoisotopic (exact) mass is 434 g/mol. The summed E-state index contributed by atoms with van der Waals surface area (Å²) in [7, 11) is -2.29. The molecule has 8 heteroatoms. The third-order valence-corrected chi connectivity index (χ3v) is 7.61. The van der Waals surface area contributed by atoms with E-state index in [2.05, 4.69) is 10.0 Å². The van der Waals surface area contributed by atoms with Crippen molar-refractivity contribution < 1.29 is 17.9 Å². The number of amides is 1. The number of hydrogen-bond acceptors (Lipinski definition) is 4. The first-order chi connectivity index (χ1) is 13.9. The van der Waals surface area contributed by atoms with Crippen molar-refractivity contribution in [1.29, 1.82) is 0 Å². The van der Waals surface area contributed by atoms with Gasteiger partial charge in [-0.25, -0.2) is 8.42 Å². The van der Waals surface area contributed by atoms with Crippen molar-refractivity contribution in [1.82, 2.24) is 5.32 Å². The maximum atomic E-state index is 12.8. The van der Waals surface area contributed by atoms with Gasteiger partial charge < -0.3 is 10.1 Å². The molecule has 0 saturated heterocycles. The zero-order chi connectivity index (χ0) is 20.6. The van der Waals surface area contributed by atoms with Crippen LogP contribution >= 0.6 is 11.6 Å². The van der Waals surface area contributed by atoms with E-state index < -0.39 is 10.0 Å². The van der Waals surface area contributed by atoms with E-state index in [1.54, 1.807) is 12.1 Å². The molecule has 29 heavy (non-hydrogen) atoms. The molecule has 2 N–H and O–H groups in total. The van der Waals surface area contributed by atoms with Crippen LogP contribution in [0.25, 0.3) is 0 Å². The molecule has 0 radical (unpaired) electrons. The Morgan fingerprint density at radius 3 is 2.48 bits per heavy atom. The molecule has 2 saturated carbocycles. The Morgan fingerprint density at radius 2 is 1.86 bits per heavy atom. The summed E-state index contributed by atoms with van der Waals surface area (Å²) in [6.45, 7) is 0. The van der Waals surface area contributed by atoms with E-state index in [-0.39, 0.29) is 33.1 Å². The number of carbonyl (C=O) groups excluding carboxylic acids is 1. The largest absolute Gasteiger partial charge is 0.497 e. The van der Waals surface area contributed by atoms with Crippen LogP contribution in [0.1, 0.15) is 36.0 Å². The number of rotatable bonds is 6. The van der Waals surface area contributed by atoms with E-state index >= 15 is 0 Å². The molecule has 2 bridgehead atoms. The quantitative estimate of drug-likeness (QED) is 0.717. The number of anilines is 1. The number of sulfonamides is 1. The van der Waals surface area contributed by atoms with Crippen LogP contribution in [-0.4, -0.2) is 27.5 Å². The molecule has 4 rings (SSSR count). The molecular formula is C21H23ClN2O4S. The molecule has 2 aromatic carbocycles. The van der Waals surface area contributed by atoms with E-state index in [4.69, 9.17) is 16.3 Å². The number of benzene rings is 2. The Labute approximate surface area is 175 Å². The number of halogens is 1. The number of nitrogens with one attached hydrogen (secondary N) is 2. The van der Waals surface area contributed by atoms with Crippen molar-refractivity contribution in [2.75, 3.05) is 11.8 Å². The first kappa shape index (κ1) is 20.0. The molecule has 2 fully saturated rings. The molecule has 154 valence electrons. The fraction of sp³-hybridized carbons (Fsp3) is 0.381. The first-order valence-electron chi connectivity index (χ1n) is 9.63. The maximum Gasteiger partial charge on any atom is 0.261 e. The Hall–Kier alpha value is -2.25. The van der Waals surface area contributed by atoms with E-state index in [1.165, 1.54) is 50.3 Å². The van der Waals surface area contributed by atoms with Gasteiger partial charge in [-0.3, -0.25) is 9.52 Å². The van der Waals surface area contributed by atoms with Crippen molar-refractivity contribution in [3.05, 3.63) is 53.1 Å². The van der Waals surface area contributed by atoms with Crippen LogP contribution in [-0.2, 0) is 10.0 Å². The van der Waals surface area contributed by atoms with Crippen molar-refractivity contribution in [2.24, 2.45) is 11.8 Å². The van der Waals surface area contributed by atoms with Gasteiger partial charge in [-0.2, -0.15) is 0 Å². The highest BCUT2D eigenvalue weighted by Crippen LogP contribution is 2.44. The highest BCUT2D eigenvalue weighted by molar-refractivity contribution is 7.92. The van der Waals surface area contributed by atoms with Gasteiger partial charge in [0.1, 0.15) is 5.75 Å². The van der Waals surface area contributed by atoms with Crippen molar-refractivity contribution in [2.45, 2.75) is 36.6 Å². The third-order valence-electron chi connectivity index (χ3n) is 5.89. The molecule has 0 aliphatic heterocycles. The van der Waals surface area contributed by atoms with E-state index in [1.807, 2.05) is 0 Å². The lowest BCUT2D eigenvalue weighted by Gasteiger charge is -2.23. The summed E-state index contributed by atoms with van der Waals surface area (Å²) in [5, 5.41) is 3.38. The van der Waals surface area contributed by atoms with Gasteiger partial charge in [0.05, 0.1) is 22.6 Å². The van der Waals surface area contributed by atoms with Gasteiger partial charge in [0.2, 0.25) is 0 Å². The molecule has 2 aliphatic carbocycles. The molecule has 1 amide bonds. The lowest BCUT2D eigenvalue weighted by atomic mass is 9.95. The van der Waals surface area contributed by atoms with Crippen LogP contribution in [0.2, 0.25) is 5.02 Å². The minimum absolute atomic E-state index is 0.0984. The molecule has 2 aliphatic rings. The van der Waals surface area contributed by atoms with Gasteiger partial charge in [-0.15, -0.1) is 0 Å². The van der Waals surface area contributed by atoms with Crippen molar-refractivity contribution >= 4 is 33.2 Å². The zero-order valence-corrected chi connectivity index (χ0v) is 17.6. The summed E-state index contributed by atoms with van der Waals surface area (Å²) >= 11 is 6.23. The van der Waals surface area contributed by atoms with Crippen molar-refractivity contribution in [3.63, 3.8) is 0 Å². The molecule has 0 heterocycles. The topological polar surface area (TPSA) is 84.5 Å². The molecule has 3 atom stereocenters. The van der Waals surface area contributed by atoms with E-state index in [0.717, 1.165) is 12.8 Å². The standard InChI is InChI=1S/C21H23ClN2O4S/c1-28-16-5-7-17(8-6-16)29(26,27)24-15-4-9-19(22)18(12-15)21(25)23-20-11-13-2-3-14(20)10-13/h4-9,12-14,20,24H,2-3,10-11H2,1H3,(H,23,25)/t13?,14?,20-/m1/s1. The Morgan fingerprint density at radius 1 is 1.10 bits per heavy atom. The summed E-state index contributed by atoms with van der Waals surface area (Å²) in [6.07, 6.45) is 4.60. The molecule has 6 nitrogen and oxygen atoms in total. The minimum atomic E-state index is -3.80. The first-order valence-corrected chi connectivity index (χ1v) is 11.5. The van der Waals surface area contributed by atoms with Crippen LogP contribution in [0, 0.1) is 11.8 Å². The predicted molar refractivity (Wildman–Crippen MR) is 112 cm³/mol. The molecule has 2 aromatic rings. The van der Waals surface area contributed by atoms with Gasteiger partial charge in [0.25, 0.3) is 15.9 Å². The van der Waals surface area contributed by atoms with Gasteiger partial charge in [-0.1, -0.05) is 18.0 Å². The van der Waals surface area contributed by atoms with Crippen LogP contribution < -0.4 is 14.8 Å². The predicted octanol–water partition coefficient (Wildman–Crippen LogP) is 4.07. The average Bonchev–Trinajstić information content (AvgIpc) is 3.32. The molecule has 0 spiro atoms. The number of methoxy groups -OCH3 is 1. The summed E-state index contributed by atoms with van der Waals surface area (Å²) in [6, 6.07) is 10.8. The highest BCUT2D eigenvalue weighted by Gasteiger charge is 2.40. The Balaban J connectivity index is 1.50. The average molecular weight is 435 g/mol. The van der Waals surface area contributed by atoms with Gasteiger partial charge >= 0.3 is 0 Å². The fourth-order valence-electron chi connectivity index (χ4n) is 4.40. The van der Waals surface area contributed by atoms with Gasteiger partial charge in [0.15, 0.2) is 0 Å². The molecule has 0 aromatic heterocycles. The van der Waals surface area contributed by atoms with Gasteiger partial charge in [-0.05, 0) is 73.6 Å². The normalized spacial score (nSPS) is 23.0. The fourth-order valence-corrected chi connectivity index (χ4v) is 5.65. The van der Waals surface area contributed by atoms with E-state index in [9.17, 15) is 13.2 Å². The Bertz CT molecular complexity index is 1020. The van der Waals surface area contributed by atoms with E-state index in [0.29, 0.717) is 17.6 Å². The lowest BCUT2D eigenvalue weighted by molar-refractivity contribution is 0.0923. The zero-order valence-electron chi connectivity index (χ0n) is 16.0. The summed E-state index contributed by atoms with van der Waals surface area (Å²) in [5.41, 5.74) is 0.549. The van der Waals surface area contributed by atoms with Crippen LogP contribution in [0.3, 0.4) is 0 Å². The van der Waals surface area contributed by atoms with Gasteiger partial charge in [0, 0.05) is 11.7 Å². The Kier molecular flexibility index (Phi) is 5.44.